The molecule has 114 valence electrons. The van der Waals surface area contributed by atoms with Gasteiger partial charge >= 0.3 is 0 Å². The van der Waals surface area contributed by atoms with Gasteiger partial charge in [0, 0.05) is 6.54 Å². The first-order chi connectivity index (χ1) is 9.65. The van der Waals surface area contributed by atoms with E-state index in [9.17, 15) is 4.79 Å². The standard InChI is InChI=1S/C14H24N2O3S/c15-12(20)14(5-3-1-2-4-6-14)13(17)16-9-11-10-18-7-8-19-11/h11H,1-10H2,(H2,15,20)(H,16,17). The second kappa shape index (κ2) is 7.33. The van der Waals surface area contributed by atoms with Gasteiger partial charge in [0.25, 0.3) is 0 Å². The number of hydrogen-bond acceptors (Lipinski definition) is 4. The molecule has 1 unspecified atom stereocenters. The van der Waals surface area contributed by atoms with Crippen LogP contribution in [0.5, 0.6) is 0 Å². The minimum absolute atomic E-state index is 0.0407. The Morgan fingerprint density at radius 3 is 2.50 bits per heavy atom. The van der Waals surface area contributed by atoms with Crippen molar-refractivity contribution in [2.75, 3.05) is 26.4 Å². The molecule has 1 aliphatic carbocycles. The summed E-state index contributed by atoms with van der Waals surface area (Å²) in [5, 5.41) is 2.96. The van der Waals surface area contributed by atoms with Crippen molar-refractivity contribution in [3.63, 3.8) is 0 Å². The maximum atomic E-state index is 12.6. The van der Waals surface area contributed by atoms with Gasteiger partial charge in [0.15, 0.2) is 0 Å². The van der Waals surface area contributed by atoms with Gasteiger partial charge in [-0.1, -0.05) is 37.9 Å². The summed E-state index contributed by atoms with van der Waals surface area (Å²) in [6.45, 7) is 2.20. The van der Waals surface area contributed by atoms with E-state index in [0.717, 1.165) is 38.5 Å². The molecular weight excluding hydrogens is 276 g/mol. The highest BCUT2D eigenvalue weighted by atomic mass is 32.1. The van der Waals surface area contributed by atoms with Crippen LogP contribution < -0.4 is 11.1 Å². The smallest absolute Gasteiger partial charge is 0.233 e. The molecule has 1 heterocycles. The highest BCUT2D eigenvalue weighted by Gasteiger charge is 2.41. The largest absolute Gasteiger partial charge is 0.392 e. The quantitative estimate of drug-likeness (QED) is 0.602. The Morgan fingerprint density at radius 2 is 1.95 bits per heavy atom. The molecule has 1 saturated carbocycles. The van der Waals surface area contributed by atoms with Crippen molar-refractivity contribution in [3.8, 4) is 0 Å². The molecular formula is C14H24N2O3S. The lowest BCUT2D eigenvalue weighted by Gasteiger charge is -2.31. The van der Waals surface area contributed by atoms with Crippen LogP contribution in [0, 0.1) is 5.41 Å². The number of carbonyl (C=O) groups is 1. The number of nitrogens with one attached hydrogen (secondary N) is 1. The lowest BCUT2D eigenvalue weighted by molar-refractivity contribution is -0.130. The van der Waals surface area contributed by atoms with Crippen LogP contribution in [0.2, 0.25) is 0 Å². The summed E-state index contributed by atoms with van der Waals surface area (Å²) in [6.07, 6.45) is 5.77. The molecule has 1 saturated heterocycles. The van der Waals surface area contributed by atoms with Crippen molar-refractivity contribution in [1.82, 2.24) is 5.32 Å². The van der Waals surface area contributed by atoms with Crippen molar-refractivity contribution in [3.05, 3.63) is 0 Å². The van der Waals surface area contributed by atoms with Crippen LogP contribution in [-0.4, -0.2) is 43.4 Å². The molecule has 2 rings (SSSR count). The summed E-state index contributed by atoms with van der Waals surface area (Å²) in [5.74, 6) is -0.0407. The van der Waals surface area contributed by atoms with E-state index < -0.39 is 5.41 Å². The van der Waals surface area contributed by atoms with E-state index in [1.807, 2.05) is 0 Å². The Labute approximate surface area is 125 Å². The molecule has 1 aliphatic heterocycles. The third-order valence-corrected chi connectivity index (χ3v) is 4.63. The Morgan fingerprint density at radius 1 is 1.25 bits per heavy atom. The van der Waals surface area contributed by atoms with E-state index in [4.69, 9.17) is 27.4 Å². The Kier molecular flexibility index (Phi) is 5.74. The van der Waals surface area contributed by atoms with Gasteiger partial charge in [0.2, 0.25) is 5.91 Å². The summed E-state index contributed by atoms with van der Waals surface area (Å²) < 4.78 is 10.9. The summed E-state index contributed by atoms with van der Waals surface area (Å²) in [5.41, 5.74) is 5.23. The fourth-order valence-electron chi connectivity index (χ4n) is 2.95. The predicted molar refractivity (Wildman–Crippen MR) is 80.5 cm³/mol. The van der Waals surface area contributed by atoms with Gasteiger partial charge in [-0.3, -0.25) is 4.79 Å². The molecule has 5 nitrogen and oxygen atoms in total. The first-order valence-electron chi connectivity index (χ1n) is 7.43. The summed E-state index contributed by atoms with van der Waals surface area (Å²) in [4.78, 5) is 12.9. The second-order valence-electron chi connectivity index (χ2n) is 5.64. The van der Waals surface area contributed by atoms with Gasteiger partial charge in [0.05, 0.1) is 36.3 Å². The van der Waals surface area contributed by atoms with E-state index >= 15 is 0 Å². The molecule has 2 aliphatic rings. The molecule has 6 heteroatoms. The molecule has 1 amide bonds. The van der Waals surface area contributed by atoms with Crippen molar-refractivity contribution in [2.24, 2.45) is 11.1 Å². The van der Waals surface area contributed by atoms with Gasteiger partial charge in [0.1, 0.15) is 0 Å². The molecule has 20 heavy (non-hydrogen) atoms. The molecule has 1 atom stereocenters. The van der Waals surface area contributed by atoms with Crippen LogP contribution in [-0.2, 0) is 14.3 Å². The Bertz CT molecular complexity index is 348. The maximum absolute atomic E-state index is 12.6. The van der Waals surface area contributed by atoms with Crippen LogP contribution >= 0.6 is 12.2 Å². The van der Waals surface area contributed by atoms with Crippen molar-refractivity contribution >= 4 is 23.1 Å². The zero-order valence-electron chi connectivity index (χ0n) is 11.9. The number of hydrogen-bond donors (Lipinski definition) is 2. The van der Waals surface area contributed by atoms with Gasteiger partial charge in [-0.05, 0) is 12.8 Å². The van der Waals surface area contributed by atoms with E-state index in [1.54, 1.807) is 0 Å². The number of carbonyl (C=O) groups excluding carboxylic acids is 1. The average molecular weight is 300 g/mol. The van der Waals surface area contributed by atoms with E-state index in [0.29, 0.717) is 31.4 Å². The SMILES string of the molecule is NC(=S)C1(C(=O)NCC2COCCO2)CCCCCC1. The van der Waals surface area contributed by atoms with Gasteiger partial charge in [-0.25, -0.2) is 0 Å². The number of rotatable bonds is 4. The van der Waals surface area contributed by atoms with Crippen LogP contribution in [0.25, 0.3) is 0 Å². The third kappa shape index (κ3) is 3.68. The first kappa shape index (κ1) is 15.7. The fraction of sp³-hybridized carbons (Fsp3) is 0.857. The van der Waals surface area contributed by atoms with Crippen LogP contribution in [0.4, 0.5) is 0 Å². The number of thiocarbonyl (C=S) groups is 1. The molecule has 0 radical (unpaired) electrons. The first-order valence-corrected chi connectivity index (χ1v) is 7.83. The topological polar surface area (TPSA) is 73.6 Å². The average Bonchev–Trinajstić information content (AvgIpc) is 2.72. The third-order valence-electron chi connectivity index (χ3n) is 4.24. The summed E-state index contributed by atoms with van der Waals surface area (Å²) >= 11 is 5.20. The van der Waals surface area contributed by atoms with Crippen molar-refractivity contribution in [1.29, 1.82) is 0 Å². The van der Waals surface area contributed by atoms with Crippen molar-refractivity contribution < 1.29 is 14.3 Å². The monoisotopic (exact) mass is 300 g/mol. The normalized spacial score (nSPS) is 26.5. The highest BCUT2D eigenvalue weighted by Crippen LogP contribution is 2.35. The molecule has 3 N–H and O–H groups in total. The zero-order chi connectivity index (χ0) is 14.4. The van der Waals surface area contributed by atoms with Crippen LogP contribution in [0.15, 0.2) is 0 Å². The van der Waals surface area contributed by atoms with Crippen LogP contribution in [0.3, 0.4) is 0 Å². The van der Waals surface area contributed by atoms with E-state index in [2.05, 4.69) is 5.32 Å². The van der Waals surface area contributed by atoms with E-state index in [-0.39, 0.29) is 12.0 Å². The second-order valence-corrected chi connectivity index (χ2v) is 6.08. The predicted octanol–water partition coefficient (Wildman–Crippen LogP) is 1.14. The lowest BCUT2D eigenvalue weighted by Crippen LogP contribution is -2.51. The Balaban J connectivity index is 1.94. The summed E-state index contributed by atoms with van der Waals surface area (Å²) in [7, 11) is 0. The zero-order valence-corrected chi connectivity index (χ0v) is 12.7. The number of amides is 1. The molecule has 0 bridgehead atoms. The minimum Gasteiger partial charge on any atom is -0.392 e. The molecule has 0 aromatic rings. The molecule has 0 aromatic heterocycles. The van der Waals surface area contributed by atoms with Crippen LogP contribution in [0.1, 0.15) is 38.5 Å². The summed E-state index contributed by atoms with van der Waals surface area (Å²) in [6, 6.07) is 0. The number of nitrogens with two attached hydrogens (primary N) is 1. The van der Waals surface area contributed by atoms with Crippen molar-refractivity contribution in [2.45, 2.75) is 44.6 Å². The number of ether oxygens (including phenoxy) is 2. The van der Waals surface area contributed by atoms with Gasteiger partial charge in [-0.15, -0.1) is 0 Å². The molecule has 2 fully saturated rings. The van der Waals surface area contributed by atoms with Gasteiger partial charge < -0.3 is 20.5 Å². The van der Waals surface area contributed by atoms with E-state index in [1.165, 1.54) is 0 Å². The van der Waals surface area contributed by atoms with Gasteiger partial charge in [-0.2, -0.15) is 0 Å². The maximum Gasteiger partial charge on any atom is 0.233 e. The highest BCUT2D eigenvalue weighted by molar-refractivity contribution is 7.80. The minimum atomic E-state index is -0.665. The molecule has 0 spiro atoms. The molecule has 0 aromatic carbocycles. The fourth-order valence-corrected chi connectivity index (χ4v) is 3.24. The Hall–Kier alpha value is -0.720. The lowest BCUT2D eigenvalue weighted by atomic mass is 9.79.